The fourth-order valence-electron chi connectivity index (χ4n) is 3.78. The zero-order chi connectivity index (χ0) is 24.5. The lowest BCUT2D eigenvalue weighted by Crippen LogP contribution is -2.30. The fraction of sp³-hybridized carbons (Fsp3) is 0.192. The third kappa shape index (κ3) is 4.92. The van der Waals surface area contributed by atoms with Crippen molar-refractivity contribution in [2.24, 2.45) is 7.05 Å². The van der Waals surface area contributed by atoms with E-state index in [-0.39, 0.29) is 23.0 Å². The van der Waals surface area contributed by atoms with Gasteiger partial charge in [0.15, 0.2) is 5.69 Å². The maximum absolute atomic E-state index is 14.0. The highest BCUT2D eigenvalue weighted by atomic mass is 19.1. The van der Waals surface area contributed by atoms with Gasteiger partial charge in [0, 0.05) is 24.9 Å². The van der Waals surface area contributed by atoms with Crippen LogP contribution in [0.4, 0.5) is 8.78 Å². The van der Waals surface area contributed by atoms with E-state index in [1.165, 1.54) is 30.3 Å². The molecule has 0 aliphatic heterocycles. The lowest BCUT2D eigenvalue weighted by molar-refractivity contribution is 0.0936. The van der Waals surface area contributed by atoms with Crippen molar-refractivity contribution in [1.29, 1.82) is 0 Å². The molecule has 9 heteroatoms. The second-order valence-electron chi connectivity index (χ2n) is 8.40. The second-order valence-corrected chi connectivity index (χ2v) is 8.40. The summed E-state index contributed by atoms with van der Waals surface area (Å²) in [7, 11) is 1.80. The van der Waals surface area contributed by atoms with Crippen LogP contribution in [0.1, 0.15) is 57.8 Å². The van der Waals surface area contributed by atoms with E-state index in [9.17, 15) is 18.7 Å². The van der Waals surface area contributed by atoms with Crippen LogP contribution in [-0.2, 0) is 7.05 Å². The SMILES string of the molecule is Cn1cc(C#Cc2cc(C(=O)NC(c3ccc(F)cc3)c3cc(F)ccc3O)nn2C2CC2)cn1. The van der Waals surface area contributed by atoms with Crippen LogP contribution in [0.25, 0.3) is 0 Å². The van der Waals surface area contributed by atoms with Gasteiger partial charge in [-0.3, -0.25) is 14.2 Å². The van der Waals surface area contributed by atoms with Crippen LogP contribution in [0, 0.1) is 23.5 Å². The summed E-state index contributed by atoms with van der Waals surface area (Å²) < 4.78 is 30.9. The first-order chi connectivity index (χ1) is 16.9. The molecule has 4 aromatic rings. The summed E-state index contributed by atoms with van der Waals surface area (Å²) in [5, 5.41) is 21.7. The predicted octanol–water partition coefficient (Wildman–Crippen LogP) is 3.85. The molecule has 2 aromatic heterocycles. The second kappa shape index (κ2) is 9.06. The van der Waals surface area contributed by atoms with Crippen molar-refractivity contribution >= 4 is 5.91 Å². The number of hydrogen-bond donors (Lipinski definition) is 2. The molecule has 1 saturated carbocycles. The van der Waals surface area contributed by atoms with Gasteiger partial charge in [0.2, 0.25) is 0 Å². The van der Waals surface area contributed by atoms with Crippen molar-refractivity contribution in [3.8, 4) is 17.6 Å². The smallest absolute Gasteiger partial charge is 0.272 e. The molecular weight excluding hydrogens is 452 g/mol. The van der Waals surface area contributed by atoms with Crippen LogP contribution in [-0.4, -0.2) is 30.6 Å². The molecule has 1 aliphatic carbocycles. The quantitative estimate of drug-likeness (QED) is 0.431. The Morgan fingerprint density at radius 2 is 1.86 bits per heavy atom. The summed E-state index contributed by atoms with van der Waals surface area (Å²) in [4.78, 5) is 13.3. The summed E-state index contributed by atoms with van der Waals surface area (Å²) in [6.45, 7) is 0. The molecule has 1 aliphatic rings. The molecule has 1 atom stereocenters. The van der Waals surface area contributed by atoms with Gasteiger partial charge in [-0.2, -0.15) is 10.2 Å². The summed E-state index contributed by atoms with van der Waals surface area (Å²) in [6.07, 6.45) is 5.33. The Morgan fingerprint density at radius 3 is 2.54 bits per heavy atom. The normalized spacial score (nSPS) is 13.7. The molecule has 176 valence electrons. The van der Waals surface area contributed by atoms with E-state index in [4.69, 9.17) is 0 Å². The van der Waals surface area contributed by atoms with Crippen molar-refractivity contribution in [2.75, 3.05) is 0 Å². The summed E-state index contributed by atoms with van der Waals surface area (Å²) in [5.41, 5.74) is 2.07. The number of nitrogens with zero attached hydrogens (tertiary/aromatic N) is 4. The van der Waals surface area contributed by atoms with Crippen molar-refractivity contribution in [3.63, 3.8) is 0 Å². The van der Waals surface area contributed by atoms with Crippen molar-refractivity contribution in [2.45, 2.75) is 24.9 Å². The Morgan fingerprint density at radius 1 is 1.11 bits per heavy atom. The number of rotatable bonds is 5. The summed E-state index contributed by atoms with van der Waals surface area (Å²) >= 11 is 0. The molecule has 35 heavy (non-hydrogen) atoms. The highest BCUT2D eigenvalue weighted by Gasteiger charge is 2.29. The van der Waals surface area contributed by atoms with Crippen molar-refractivity contribution in [3.05, 3.63) is 101 Å². The highest BCUT2D eigenvalue weighted by molar-refractivity contribution is 5.93. The molecule has 0 bridgehead atoms. The average Bonchev–Trinajstić information content (AvgIpc) is 3.46. The highest BCUT2D eigenvalue weighted by Crippen LogP contribution is 2.36. The topological polar surface area (TPSA) is 85.0 Å². The molecule has 0 saturated heterocycles. The van der Waals surface area contributed by atoms with Crippen LogP contribution in [0.15, 0.2) is 60.9 Å². The molecule has 2 heterocycles. The van der Waals surface area contributed by atoms with Gasteiger partial charge in [-0.15, -0.1) is 0 Å². The zero-order valence-corrected chi connectivity index (χ0v) is 18.7. The van der Waals surface area contributed by atoms with Crippen LogP contribution in [0.3, 0.4) is 0 Å². The summed E-state index contributed by atoms with van der Waals surface area (Å²) in [5.74, 6) is 4.33. The minimum atomic E-state index is -0.935. The van der Waals surface area contributed by atoms with Crippen molar-refractivity contribution < 1.29 is 18.7 Å². The number of carbonyl (C=O) groups excluding carboxylic acids is 1. The first-order valence-corrected chi connectivity index (χ1v) is 11.0. The Balaban J connectivity index is 1.48. The fourth-order valence-corrected chi connectivity index (χ4v) is 3.78. The minimum Gasteiger partial charge on any atom is -0.508 e. The molecule has 1 amide bonds. The molecular formula is C26H21F2N5O2. The van der Waals surface area contributed by atoms with Gasteiger partial charge >= 0.3 is 0 Å². The standard InChI is InChI=1S/C26H21F2N5O2/c1-32-15-16(14-29-32)2-8-21-13-23(31-33(21)20-9-10-20)26(35)30-25(17-3-5-18(27)6-4-17)22-12-19(28)7-11-24(22)34/h3-7,11-15,20,25,34H,9-10H2,1H3,(H,30,35). The van der Waals surface area contributed by atoms with E-state index in [1.54, 1.807) is 34.9 Å². The Labute approximate surface area is 200 Å². The lowest BCUT2D eigenvalue weighted by Gasteiger charge is -2.20. The van der Waals surface area contributed by atoms with Gasteiger partial charge in [0.1, 0.15) is 23.1 Å². The number of phenols is 1. The molecule has 1 fully saturated rings. The number of amides is 1. The third-order valence-electron chi connectivity index (χ3n) is 5.68. The van der Waals surface area contributed by atoms with Gasteiger partial charge in [-0.05, 0) is 54.7 Å². The monoisotopic (exact) mass is 473 g/mol. The molecule has 2 aromatic carbocycles. The molecule has 5 rings (SSSR count). The number of nitrogens with one attached hydrogen (secondary N) is 1. The van der Waals surface area contributed by atoms with Gasteiger partial charge < -0.3 is 10.4 Å². The van der Waals surface area contributed by atoms with E-state index >= 15 is 0 Å². The van der Waals surface area contributed by atoms with Gasteiger partial charge in [0.25, 0.3) is 5.91 Å². The molecule has 0 spiro atoms. The number of aryl methyl sites for hydroxylation is 1. The lowest BCUT2D eigenvalue weighted by atomic mass is 9.97. The number of benzene rings is 2. The number of aromatic nitrogens is 4. The van der Waals surface area contributed by atoms with Gasteiger partial charge in [-0.1, -0.05) is 18.1 Å². The zero-order valence-electron chi connectivity index (χ0n) is 18.7. The molecule has 2 N–H and O–H groups in total. The summed E-state index contributed by atoms with van der Waals surface area (Å²) in [6, 6.07) is 9.72. The molecule has 1 unspecified atom stereocenters. The van der Waals surface area contributed by atoms with Crippen LogP contribution < -0.4 is 5.32 Å². The Bertz CT molecular complexity index is 1460. The molecule has 0 radical (unpaired) electrons. The van der Waals surface area contributed by atoms with E-state index in [0.29, 0.717) is 11.3 Å². The van der Waals surface area contributed by atoms with Gasteiger partial charge in [-0.25, -0.2) is 8.78 Å². The predicted molar refractivity (Wildman–Crippen MR) is 123 cm³/mol. The maximum Gasteiger partial charge on any atom is 0.272 e. The van der Waals surface area contributed by atoms with Crippen LogP contribution in [0.5, 0.6) is 5.75 Å². The third-order valence-corrected chi connectivity index (χ3v) is 5.68. The maximum atomic E-state index is 14.0. The Kier molecular flexibility index (Phi) is 5.79. The number of aromatic hydroxyl groups is 1. The van der Waals surface area contributed by atoms with E-state index in [2.05, 4.69) is 27.4 Å². The Hall–Kier alpha value is -4.45. The first kappa shape index (κ1) is 22.3. The number of halogens is 2. The van der Waals surface area contributed by atoms with Crippen molar-refractivity contribution in [1.82, 2.24) is 24.9 Å². The number of hydrogen-bond acceptors (Lipinski definition) is 4. The average molecular weight is 473 g/mol. The van der Waals surface area contributed by atoms with Crippen LogP contribution in [0.2, 0.25) is 0 Å². The largest absolute Gasteiger partial charge is 0.508 e. The van der Waals surface area contributed by atoms with Gasteiger partial charge in [0.05, 0.1) is 23.8 Å². The van der Waals surface area contributed by atoms with E-state index in [0.717, 1.165) is 30.5 Å². The minimum absolute atomic E-state index is 0.135. The van der Waals surface area contributed by atoms with Crippen LogP contribution >= 0.6 is 0 Å². The van der Waals surface area contributed by atoms with E-state index in [1.807, 2.05) is 0 Å². The first-order valence-electron chi connectivity index (χ1n) is 11.0. The number of phenolic OH excluding ortho intramolecular Hbond substituents is 1. The number of carbonyl (C=O) groups is 1. The molecule has 7 nitrogen and oxygen atoms in total. The van der Waals surface area contributed by atoms with E-state index < -0.39 is 23.6 Å².